The van der Waals surface area contributed by atoms with Crippen molar-refractivity contribution in [1.82, 2.24) is 10.3 Å². The van der Waals surface area contributed by atoms with E-state index in [1.807, 2.05) is 32.0 Å². The molecule has 0 fully saturated rings. The van der Waals surface area contributed by atoms with E-state index in [2.05, 4.69) is 10.3 Å². The molecule has 0 aromatic carbocycles. The molecule has 1 atom stereocenters. The van der Waals surface area contributed by atoms with Crippen molar-refractivity contribution in [2.24, 2.45) is 5.73 Å². The molecule has 0 saturated heterocycles. The van der Waals surface area contributed by atoms with Gasteiger partial charge >= 0.3 is 0 Å². The summed E-state index contributed by atoms with van der Waals surface area (Å²) in [4.78, 5) is 15.6. The number of hydrogen-bond acceptors (Lipinski definition) is 4. The number of amides is 1. The maximum Gasteiger partial charge on any atom is 0.237 e. The second-order valence-corrected chi connectivity index (χ2v) is 5.11. The molecule has 94 valence electrons. The lowest BCUT2D eigenvalue weighted by Gasteiger charge is -2.26. The van der Waals surface area contributed by atoms with E-state index in [-0.39, 0.29) is 5.91 Å². The van der Waals surface area contributed by atoms with Gasteiger partial charge in [0, 0.05) is 11.9 Å². The zero-order valence-corrected chi connectivity index (χ0v) is 11.1. The van der Waals surface area contributed by atoms with Crippen molar-refractivity contribution in [3.63, 3.8) is 0 Å². The molecule has 1 unspecified atom stereocenters. The van der Waals surface area contributed by atoms with Crippen LogP contribution in [0.1, 0.15) is 20.3 Å². The molecule has 1 aromatic heterocycles. The van der Waals surface area contributed by atoms with Gasteiger partial charge in [0.05, 0.1) is 10.6 Å². The Bertz CT molecular complexity index is 358. The normalized spacial score (nSPS) is 14.2. The first-order valence-electron chi connectivity index (χ1n) is 5.67. The van der Waals surface area contributed by atoms with Crippen molar-refractivity contribution >= 4 is 17.7 Å². The third-order valence-corrected chi connectivity index (χ3v) is 3.55. The molecular formula is C12H19N3OS. The smallest absolute Gasteiger partial charge is 0.237 e. The van der Waals surface area contributed by atoms with Crippen LogP contribution in [0.15, 0.2) is 29.4 Å². The summed E-state index contributed by atoms with van der Waals surface area (Å²) in [5.41, 5.74) is 4.78. The molecule has 0 aliphatic rings. The summed E-state index contributed by atoms with van der Waals surface area (Å²) >= 11 is 1.63. The van der Waals surface area contributed by atoms with E-state index >= 15 is 0 Å². The summed E-state index contributed by atoms with van der Waals surface area (Å²) in [6.45, 7) is 4.54. The lowest BCUT2D eigenvalue weighted by Crippen LogP contribution is -2.53. The van der Waals surface area contributed by atoms with Gasteiger partial charge in [-0.25, -0.2) is 4.98 Å². The lowest BCUT2D eigenvalue weighted by atomic mass is 9.98. The van der Waals surface area contributed by atoms with Crippen LogP contribution in [-0.2, 0) is 4.79 Å². The minimum Gasteiger partial charge on any atom is -0.368 e. The van der Waals surface area contributed by atoms with Crippen LogP contribution in [0.3, 0.4) is 0 Å². The van der Waals surface area contributed by atoms with Gasteiger partial charge < -0.3 is 11.1 Å². The number of nitrogens with two attached hydrogens (primary N) is 1. The third kappa shape index (κ3) is 4.36. The van der Waals surface area contributed by atoms with E-state index in [0.717, 1.165) is 17.3 Å². The Morgan fingerprint density at radius 2 is 2.35 bits per heavy atom. The summed E-state index contributed by atoms with van der Waals surface area (Å²) in [6, 6.07) is 5.79. The molecule has 17 heavy (non-hydrogen) atoms. The third-order valence-electron chi connectivity index (χ3n) is 2.60. The van der Waals surface area contributed by atoms with Gasteiger partial charge in [0.25, 0.3) is 0 Å². The molecule has 0 radical (unpaired) electrons. The predicted molar refractivity (Wildman–Crippen MR) is 70.9 cm³/mol. The van der Waals surface area contributed by atoms with Crippen LogP contribution in [0, 0.1) is 0 Å². The van der Waals surface area contributed by atoms with Gasteiger partial charge in [-0.05, 0) is 32.0 Å². The first kappa shape index (κ1) is 14.0. The number of aromatic nitrogens is 1. The summed E-state index contributed by atoms with van der Waals surface area (Å²) in [5.74, 6) is 0.504. The number of nitrogens with one attached hydrogen (secondary N) is 1. The largest absolute Gasteiger partial charge is 0.368 e. The Morgan fingerprint density at radius 3 is 2.88 bits per heavy atom. The van der Waals surface area contributed by atoms with Crippen molar-refractivity contribution in [2.75, 3.05) is 12.3 Å². The van der Waals surface area contributed by atoms with E-state index in [1.165, 1.54) is 0 Å². The van der Waals surface area contributed by atoms with Crippen molar-refractivity contribution in [3.05, 3.63) is 24.4 Å². The molecule has 3 N–H and O–H groups in total. The van der Waals surface area contributed by atoms with E-state index in [1.54, 1.807) is 18.0 Å². The van der Waals surface area contributed by atoms with E-state index in [9.17, 15) is 4.79 Å². The fourth-order valence-corrected chi connectivity index (χ4v) is 2.51. The topological polar surface area (TPSA) is 68.0 Å². The first-order chi connectivity index (χ1) is 8.08. The highest BCUT2D eigenvalue weighted by Crippen LogP contribution is 2.19. The highest BCUT2D eigenvalue weighted by Gasteiger charge is 2.29. The fourth-order valence-electron chi connectivity index (χ4n) is 1.48. The zero-order chi connectivity index (χ0) is 12.7. The molecule has 5 heteroatoms. The fraction of sp³-hybridized carbons (Fsp3) is 0.500. The minimum absolute atomic E-state index is 0.305. The van der Waals surface area contributed by atoms with Crippen LogP contribution >= 0.6 is 11.8 Å². The average Bonchev–Trinajstić information content (AvgIpc) is 2.30. The standard InChI is InChI=1S/C12H19N3OS/c1-3-15-12(2,11(13)16)7-9-17-10-6-4-5-8-14-10/h4-6,8,15H,3,7,9H2,1-2H3,(H2,13,16). The van der Waals surface area contributed by atoms with Gasteiger partial charge in [-0.1, -0.05) is 13.0 Å². The zero-order valence-electron chi connectivity index (χ0n) is 10.3. The van der Waals surface area contributed by atoms with Crippen LogP contribution in [0.4, 0.5) is 0 Å². The molecule has 0 bridgehead atoms. The highest BCUT2D eigenvalue weighted by atomic mass is 32.2. The highest BCUT2D eigenvalue weighted by molar-refractivity contribution is 7.99. The molecular weight excluding hydrogens is 234 g/mol. The minimum atomic E-state index is -0.628. The van der Waals surface area contributed by atoms with Gasteiger partial charge in [0.2, 0.25) is 5.91 Å². The number of carbonyl (C=O) groups excluding carboxylic acids is 1. The van der Waals surface area contributed by atoms with Crippen molar-refractivity contribution in [3.8, 4) is 0 Å². The molecule has 0 aliphatic carbocycles. The number of primary amides is 1. The number of carbonyl (C=O) groups is 1. The van der Waals surface area contributed by atoms with Crippen molar-refractivity contribution in [1.29, 1.82) is 0 Å². The number of pyridine rings is 1. The maximum absolute atomic E-state index is 11.4. The number of hydrogen-bond donors (Lipinski definition) is 2. The summed E-state index contributed by atoms with van der Waals surface area (Å²) < 4.78 is 0. The Morgan fingerprint density at radius 1 is 1.59 bits per heavy atom. The number of rotatable bonds is 7. The molecule has 1 heterocycles. The SMILES string of the molecule is CCNC(C)(CCSc1ccccn1)C(N)=O. The van der Waals surface area contributed by atoms with Crippen LogP contribution in [-0.4, -0.2) is 28.7 Å². The Hall–Kier alpha value is -1.07. The summed E-state index contributed by atoms with van der Waals surface area (Å²) in [7, 11) is 0. The number of likely N-dealkylation sites (N-methyl/N-ethyl adjacent to an activating group) is 1. The van der Waals surface area contributed by atoms with Crippen LogP contribution < -0.4 is 11.1 Å². The van der Waals surface area contributed by atoms with E-state index in [0.29, 0.717) is 6.42 Å². The Labute approximate surface area is 106 Å². The predicted octanol–water partition coefficient (Wildman–Crippen LogP) is 1.42. The molecule has 1 aromatic rings. The summed E-state index contributed by atoms with van der Waals surface area (Å²) in [6.07, 6.45) is 2.46. The average molecular weight is 253 g/mol. The van der Waals surface area contributed by atoms with Crippen molar-refractivity contribution in [2.45, 2.75) is 30.8 Å². The van der Waals surface area contributed by atoms with Gasteiger partial charge in [-0.15, -0.1) is 11.8 Å². The molecule has 4 nitrogen and oxygen atoms in total. The summed E-state index contributed by atoms with van der Waals surface area (Å²) in [5, 5.41) is 4.10. The first-order valence-corrected chi connectivity index (χ1v) is 6.66. The number of nitrogens with zero attached hydrogens (tertiary/aromatic N) is 1. The molecule has 0 spiro atoms. The van der Waals surface area contributed by atoms with Crippen LogP contribution in [0.2, 0.25) is 0 Å². The van der Waals surface area contributed by atoms with E-state index < -0.39 is 5.54 Å². The van der Waals surface area contributed by atoms with Gasteiger partial charge in [-0.3, -0.25) is 4.79 Å². The Kier molecular flexibility index (Phi) is 5.44. The number of thioether (sulfide) groups is 1. The molecule has 0 saturated carbocycles. The molecule has 1 amide bonds. The maximum atomic E-state index is 11.4. The van der Waals surface area contributed by atoms with Crippen molar-refractivity contribution < 1.29 is 4.79 Å². The quantitative estimate of drug-likeness (QED) is 0.721. The molecule has 1 rings (SSSR count). The van der Waals surface area contributed by atoms with Gasteiger partial charge in [0.1, 0.15) is 0 Å². The van der Waals surface area contributed by atoms with E-state index in [4.69, 9.17) is 5.73 Å². The second kappa shape index (κ2) is 6.61. The second-order valence-electron chi connectivity index (χ2n) is 3.99. The van der Waals surface area contributed by atoms with Gasteiger partial charge in [0.15, 0.2) is 0 Å². The lowest BCUT2D eigenvalue weighted by molar-refractivity contribution is -0.123. The Balaban J connectivity index is 2.45. The monoisotopic (exact) mass is 253 g/mol. The van der Waals surface area contributed by atoms with Crippen LogP contribution in [0.25, 0.3) is 0 Å². The molecule has 0 aliphatic heterocycles. The van der Waals surface area contributed by atoms with Crippen LogP contribution in [0.5, 0.6) is 0 Å². The van der Waals surface area contributed by atoms with Gasteiger partial charge in [-0.2, -0.15) is 0 Å².